The van der Waals surface area contributed by atoms with Crippen LogP contribution in [0.5, 0.6) is 0 Å². The maximum absolute atomic E-state index is 15.8. The van der Waals surface area contributed by atoms with E-state index in [0.717, 1.165) is 31.5 Å². The van der Waals surface area contributed by atoms with Crippen LogP contribution in [-0.4, -0.2) is 48.4 Å². The molecule has 0 aliphatic carbocycles. The quantitative estimate of drug-likeness (QED) is 0.539. The van der Waals surface area contributed by atoms with Crippen molar-refractivity contribution in [3.8, 4) is 0 Å². The third-order valence-electron chi connectivity index (χ3n) is 6.48. The molecule has 3 unspecified atom stereocenters. The van der Waals surface area contributed by atoms with E-state index in [-0.39, 0.29) is 35.2 Å². The van der Waals surface area contributed by atoms with Gasteiger partial charge in [-0.2, -0.15) is 17.6 Å². The average molecular weight is 496 g/mol. The molecule has 1 aromatic carbocycles. The van der Waals surface area contributed by atoms with E-state index >= 15 is 4.39 Å². The van der Waals surface area contributed by atoms with Gasteiger partial charge in [-0.05, 0) is 42.4 Å². The van der Waals surface area contributed by atoms with Crippen LogP contribution >= 0.6 is 0 Å². The number of ether oxygens (including phenoxy) is 1. The zero-order chi connectivity index (χ0) is 25.2. The Bertz CT molecular complexity index is 987. The van der Waals surface area contributed by atoms with Crippen molar-refractivity contribution in [3.63, 3.8) is 0 Å². The van der Waals surface area contributed by atoms with Gasteiger partial charge in [-0.1, -0.05) is 32.9 Å². The summed E-state index contributed by atoms with van der Waals surface area (Å²) >= 11 is 0. The normalized spacial score (nSPS) is 22.3. The van der Waals surface area contributed by atoms with Crippen LogP contribution in [0.15, 0.2) is 30.6 Å². The minimum absolute atomic E-state index is 0.0204. The molecule has 2 fully saturated rings. The standard InChI is InChI=1S/C25H33F4N5O/c1-24(2,3)13-18(20-14-30-10-12-35-20)33-22-21(26)23(32-15-31-22)34-11-4-5-19(34)16-6-8-17(9-7-16)25(27,28)29/h6-9,15,18-20,30H,4-5,10-14H2,1-3H3,(H,31,32,33). The second-order valence-corrected chi connectivity index (χ2v) is 10.5. The molecule has 2 N–H and O–H groups in total. The third kappa shape index (κ3) is 6.22. The molecule has 10 heteroatoms. The molecule has 2 aliphatic heterocycles. The number of hydrogen-bond donors (Lipinski definition) is 2. The highest BCUT2D eigenvalue weighted by molar-refractivity contribution is 5.53. The first-order valence-corrected chi connectivity index (χ1v) is 12.1. The summed E-state index contributed by atoms with van der Waals surface area (Å²) in [5.74, 6) is -0.299. The van der Waals surface area contributed by atoms with Gasteiger partial charge in [0.1, 0.15) is 6.33 Å². The van der Waals surface area contributed by atoms with E-state index in [1.165, 1.54) is 18.5 Å². The van der Waals surface area contributed by atoms with Crippen LogP contribution < -0.4 is 15.5 Å². The Labute approximate surface area is 203 Å². The zero-order valence-corrected chi connectivity index (χ0v) is 20.3. The van der Waals surface area contributed by atoms with E-state index in [4.69, 9.17) is 4.74 Å². The van der Waals surface area contributed by atoms with Crippen molar-refractivity contribution in [3.05, 3.63) is 47.5 Å². The summed E-state index contributed by atoms with van der Waals surface area (Å²) in [6, 6.07) is 4.66. The van der Waals surface area contributed by atoms with E-state index in [1.54, 1.807) is 0 Å². The Hall–Kier alpha value is -2.46. The summed E-state index contributed by atoms with van der Waals surface area (Å²) in [6.07, 6.45) is -0.966. The number of morpholine rings is 1. The van der Waals surface area contributed by atoms with Crippen LogP contribution in [0.4, 0.5) is 29.2 Å². The van der Waals surface area contributed by atoms with E-state index in [9.17, 15) is 13.2 Å². The van der Waals surface area contributed by atoms with E-state index in [1.807, 2.05) is 4.90 Å². The summed E-state index contributed by atoms with van der Waals surface area (Å²) in [5, 5.41) is 6.60. The van der Waals surface area contributed by atoms with Gasteiger partial charge in [0.2, 0.25) is 5.82 Å². The van der Waals surface area contributed by atoms with Gasteiger partial charge in [-0.3, -0.25) is 0 Å². The van der Waals surface area contributed by atoms with Crippen LogP contribution in [0.25, 0.3) is 0 Å². The number of nitrogens with zero attached hydrogens (tertiary/aromatic N) is 3. The molecule has 4 rings (SSSR count). The Morgan fingerprint density at radius 3 is 2.54 bits per heavy atom. The highest BCUT2D eigenvalue weighted by atomic mass is 19.4. The number of anilines is 2. The molecule has 35 heavy (non-hydrogen) atoms. The fourth-order valence-electron chi connectivity index (χ4n) is 4.88. The molecule has 192 valence electrons. The largest absolute Gasteiger partial charge is 0.416 e. The van der Waals surface area contributed by atoms with Crippen LogP contribution in [0.1, 0.15) is 57.2 Å². The van der Waals surface area contributed by atoms with Crippen LogP contribution in [0.2, 0.25) is 0 Å². The SMILES string of the molecule is CC(C)(C)CC(Nc1ncnc(N2CCCC2c2ccc(C(F)(F)F)cc2)c1F)C1CNCCO1. The van der Waals surface area contributed by atoms with Gasteiger partial charge >= 0.3 is 6.18 Å². The highest BCUT2D eigenvalue weighted by Crippen LogP contribution is 2.39. The number of rotatable bonds is 6. The summed E-state index contributed by atoms with van der Waals surface area (Å²) < 4.78 is 60.7. The fraction of sp³-hybridized carbons (Fsp3) is 0.600. The van der Waals surface area contributed by atoms with E-state index in [0.29, 0.717) is 31.7 Å². The minimum atomic E-state index is -4.39. The maximum atomic E-state index is 15.8. The van der Waals surface area contributed by atoms with Gasteiger partial charge in [-0.25, -0.2) is 9.97 Å². The van der Waals surface area contributed by atoms with Gasteiger partial charge in [0.15, 0.2) is 11.6 Å². The Morgan fingerprint density at radius 1 is 1.17 bits per heavy atom. The molecular weight excluding hydrogens is 462 g/mol. The number of aromatic nitrogens is 2. The van der Waals surface area contributed by atoms with Crippen molar-refractivity contribution in [2.45, 2.75) is 64.4 Å². The maximum Gasteiger partial charge on any atom is 0.416 e. The lowest BCUT2D eigenvalue weighted by atomic mass is 9.86. The van der Waals surface area contributed by atoms with Crippen LogP contribution in [0.3, 0.4) is 0 Å². The topological polar surface area (TPSA) is 62.3 Å². The van der Waals surface area contributed by atoms with Crippen molar-refractivity contribution < 1.29 is 22.3 Å². The highest BCUT2D eigenvalue weighted by Gasteiger charge is 2.34. The molecule has 0 spiro atoms. The summed E-state index contributed by atoms with van der Waals surface area (Å²) in [6.45, 7) is 8.96. The molecule has 3 heterocycles. The summed E-state index contributed by atoms with van der Waals surface area (Å²) in [5.41, 5.74) is -0.0157. The monoisotopic (exact) mass is 495 g/mol. The average Bonchev–Trinajstić information content (AvgIpc) is 3.29. The molecule has 0 bridgehead atoms. The first-order chi connectivity index (χ1) is 16.5. The lowest BCUT2D eigenvalue weighted by molar-refractivity contribution is -0.137. The number of halogens is 4. The molecular formula is C25H33F4N5O. The van der Waals surface area contributed by atoms with Crippen molar-refractivity contribution in [2.75, 3.05) is 36.5 Å². The van der Waals surface area contributed by atoms with Crippen molar-refractivity contribution >= 4 is 11.6 Å². The van der Waals surface area contributed by atoms with E-state index < -0.39 is 17.6 Å². The molecule has 0 saturated carbocycles. The number of nitrogens with one attached hydrogen (secondary N) is 2. The van der Waals surface area contributed by atoms with Gasteiger partial charge < -0.3 is 20.3 Å². The molecule has 0 amide bonds. The van der Waals surface area contributed by atoms with Gasteiger partial charge in [0.05, 0.1) is 30.4 Å². The number of alkyl halides is 3. The number of hydrogen-bond acceptors (Lipinski definition) is 6. The summed E-state index contributed by atoms with van der Waals surface area (Å²) in [7, 11) is 0. The van der Waals surface area contributed by atoms with Crippen LogP contribution in [-0.2, 0) is 10.9 Å². The van der Waals surface area contributed by atoms with Gasteiger partial charge in [0, 0.05) is 19.6 Å². The lowest BCUT2D eigenvalue weighted by Gasteiger charge is -2.35. The van der Waals surface area contributed by atoms with E-state index in [2.05, 4.69) is 41.4 Å². The molecule has 2 saturated heterocycles. The lowest BCUT2D eigenvalue weighted by Crippen LogP contribution is -2.49. The molecule has 3 atom stereocenters. The molecule has 0 radical (unpaired) electrons. The van der Waals surface area contributed by atoms with Gasteiger partial charge in [-0.15, -0.1) is 0 Å². The minimum Gasteiger partial charge on any atom is -0.373 e. The molecule has 2 aliphatic rings. The Balaban J connectivity index is 1.57. The summed E-state index contributed by atoms with van der Waals surface area (Å²) in [4.78, 5) is 10.2. The fourth-order valence-corrected chi connectivity index (χ4v) is 4.88. The second kappa shape index (κ2) is 10.3. The predicted molar refractivity (Wildman–Crippen MR) is 127 cm³/mol. The molecule has 2 aromatic rings. The van der Waals surface area contributed by atoms with Crippen molar-refractivity contribution in [1.82, 2.24) is 15.3 Å². The smallest absolute Gasteiger partial charge is 0.373 e. The Morgan fingerprint density at radius 2 is 1.91 bits per heavy atom. The third-order valence-corrected chi connectivity index (χ3v) is 6.48. The van der Waals surface area contributed by atoms with Gasteiger partial charge in [0.25, 0.3) is 0 Å². The second-order valence-electron chi connectivity index (χ2n) is 10.5. The molecule has 6 nitrogen and oxygen atoms in total. The first-order valence-electron chi connectivity index (χ1n) is 12.1. The zero-order valence-electron chi connectivity index (χ0n) is 20.3. The first kappa shape index (κ1) is 25.6. The predicted octanol–water partition coefficient (Wildman–Crippen LogP) is 5.18. The molecule has 1 aromatic heterocycles. The number of benzene rings is 1. The van der Waals surface area contributed by atoms with Crippen LogP contribution in [0, 0.1) is 11.2 Å². The van der Waals surface area contributed by atoms with Crippen molar-refractivity contribution in [1.29, 1.82) is 0 Å². The van der Waals surface area contributed by atoms with Crippen molar-refractivity contribution in [2.24, 2.45) is 5.41 Å². The Kier molecular flexibility index (Phi) is 7.51.